The number of nitrogens with zero attached hydrogens (tertiary/aromatic N) is 7. The number of rotatable bonds is 7. The molecular weight excluding hydrogens is 427 g/mol. The first-order valence-corrected chi connectivity index (χ1v) is 10.2. The highest BCUT2D eigenvalue weighted by Crippen LogP contribution is 2.28. The van der Waals surface area contributed by atoms with E-state index in [0.29, 0.717) is 34.3 Å². The largest absolute Gasteiger partial charge is 0.411 e. The van der Waals surface area contributed by atoms with Crippen molar-refractivity contribution in [3.63, 3.8) is 0 Å². The van der Waals surface area contributed by atoms with E-state index in [-0.39, 0.29) is 19.2 Å². The normalized spacial score (nSPS) is 17.2. The van der Waals surface area contributed by atoms with Gasteiger partial charge >= 0.3 is 6.18 Å². The molecular formula is C19H24F3N9O. The summed E-state index contributed by atoms with van der Waals surface area (Å²) in [6.45, 7) is 4.87. The number of anilines is 3. The van der Waals surface area contributed by atoms with Gasteiger partial charge in [-0.15, -0.1) is 0 Å². The molecule has 0 unspecified atom stereocenters. The number of hydrogen-bond acceptors (Lipinski definition) is 9. The Morgan fingerprint density at radius 2 is 2.16 bits per heavy atom. The molecule has 1 aliphatic rings. The molecule has 0 aliphatic carbocycles. The fraction of sp³-hybridized carbons (Fsp3) is 0.526. The van der Waals surface area contributed by atoms with Crippen molar-refractivity contribution in [3.8, 4) is 0 Å². The summed E-state index contributed by atoms with van der Waals surface area (Å²) in [5.41, 5.74) is 1.84. The van der Waals surface area contributed by atoms with Gasteiger partial charge in [0.25, 0.3) is 0 Å². The molecule has 0 amide bonds. The van der Waals surface area contributed by atoms with E-state index in [9.17, 15) is 13.2 Å². The Labute approximate surface area is 182 Å². The molecule has 1 atom stereocenters. The van der Waals surface area contributed by atoms with E-state index < -0.39 is 12.8 Å². The number of nitrogens with one attached hydrogen (secondary N) is 2. The van der Waals surface area contributed by atoms with Gasteiger partial charge in [-0.1, -0.05) is 0 Å². The van der Waals surface area contributed by atoms with Gasteiger partial charge in [0.05, 0.1) is 18.8 Å². The summed E-state index contributed by atoms with van der Waals surface area (Å²) in [5, 5.41) is 11.0. The molecule has 0 aromatic carbocycles. The second kappa shape index (κ2) is 9.20. The lowest BCUT2D eigenvalue weighted by Gasteiger charge is -2.32. The van der Waals surface area contributed by atoms with Crippen LogP contribution >= 0.6 is 0 Å². The van der Waals surface area contributed by atoms with E-state index in [1.165, 1.54) is 6.33 Å². The van der Waals surface area contributed by atoms with Gasteiger partial charge in [0.2, 0.25) is 5.95 Å². The van der Waals surface area contributed by atoms with Gasteiger partial charge in [-0.3, -0.25) is 4.68 Å². The van der Waals surface area contributed by atoms with Crippen molar-refractivity contribution in [2.75, 3.05) is 43.1 Å². The lowest BCUT2D eigenvalue weighted by molar-refractivity contribution is -0.174. The van der Waals surface area contributed by atoms with Crippen molar-refractivity contribution in [1.82, 2.24) is 35.0 Å². The first-order valence-electron chi connectivity index (χ1n) is 10.2. The first-order chi connectivity index (χ1) is 15.3. The SMILES string of the molecule is Cc1nn(CCOCC(F)(F)F)c2c(Nc3ccncn3)nc(N3CCN[C@H](C)C3)nc12. The Bertz CT molecular complexity index is 1060. The molecule has 0 radical (unpaired) electrons. The Hall–Kier alpha value is -3.06. The molecule has 4 heterocycles. The third-order valence-electron chi connectivity index (χ3n) is 4.94. The van der Waals surface area contributed by atoms with Crippen molar-refractivity contribution >= 4 is 28.6 Å². The van der Waals surface area contributed by atoms with Crippen LogP contribution in [0.2, 0.25) is 0 Å². The van der Waals surface area contributed by atoms with Crippen LogP contribution in [0.5, 0.6) is 0 Å². The van der Waals surface area contributed by atoms with Gasteiger partial charge < -0.3 is 20.3 Å². The molecule has 3 aromatic heterocycles. The average Bonchev–Trinajstić information content (AvgIpc) is 3.07. The van der Waals surface area contributed by atoms with Crippen molar-refractivity contribution in [2.45, 2.75) is 32.6 Å². The summed E-state index contributed by atoms with van der Waals surface area (Å²) in [4.78, 5) is 19.7. The second-order valence-corrected chi connectivity index (χ2v) is 7.57. The molecule has 4 rings (SSSR count). The molecule has 0 bridgehead atoms. The van der Waals surface area contributed by atoms with Crippen LogP contribution in [0.25, 0.3) is 11.0 Å². The third kappa shape index (κ3) is 5.22. The topological polar surface area (TPSA) is 106 Å². The smallest absolute Gasteiger partial charge is 0.370 e. The highest BCUT2D eigenvalue weighted by atomic mass is 19.4. The Kier molecular flexibility index (Phi) is 6.37. The minimum atomic E-state index is -4.37. The predicted molar refractivity (Wildman–Crippen MR) is 112 cm³/mol. The number of aromatic nitrogens is 6. The molecule has 1 saturated heterocycles. The van der Waals surface area contributed by atoms with Crippen molar-refractivity contribution in [3.05, 3.63) is 24.3 Å². The number of aryl methyl sites for hydroxylation is 1. The van der Waals surface area contributed by atoms with Gasteiger partial charge in [0.1, 0.15) is 29.8 Å². The maximum absolute atomic E-state index is 12.4. The van der Waals surface area contributed by atoms with E-state index in [1.807, 2.05) is 0 Å². The van der Waals surface area contributed by atoms with Crippen LogP contribution in [-0.4, -0.2) is 74.8 Å². The van der Waals surface area contributed by atoms with Crippen LogP contribution < -0.4 is 15.5 Å². The molecule has 32 heavy (non-hydrogen) atoms. The van der Waals surface area contributed by atoms with Crippen molar-refractivity contribution in [2.24, 2.45) is 0 Å². The Morgan fingerprint density at radius 3 is 2.88 bits per heavy atom. The van der Waals surface area contributed by atoms with E-state index in [1.54, 1.807) is 23.9 Å². The molecule has 3 aromatic rings. The minimum absolute atomic E-state index is 0.117. The molecule has 1 fully saturated rings. The van der Waals surface area contributed by atoms with Crippen LogP contribution in [0.4, 0.5) is 30.8 Å². The summed E-state index contributed by atoms with van der Waals surface area (Å²) in [6.07, 6.45) is -1.37. The Morgan fingerprint density at radius 1 is 1.31 bits per heavy atom. The molecule has 1 aliphatic heterocycles. The van der Waals surface area contributed by atoms with E-state index in [0.717, 1.165) is 19.6 Å². The Balaban J connectivity index is 1.69. The zero-order valence-electron chi connectivity index (χ0n) is 17.7. The van der Waals surface area contributed by atoms with E-state index in [2.05, 4.69) is 37.5 Å². The maximum atomic E-state index is 12.4. The molecule has 13 heteroatoms. The third-order valence-corrected chi connectivity index (χ3v) is 4.94. The fourth-order valence-electron chi connectivity index (χ4n) is 3.55. The van der Waals surface area contributed by atoms with Gasteiger partial charge in [-0.2, -0.15) is 23.3 Å². The molecule has 0 saturated carbocycles. The van der Waals surface area contributed by atoms with Crippen LogP contribution in [0, 0.1) is 6.92 Å². The zero-order chi connectivity index (χ0) is 22.7. The lowest BCUT2D eigenvalue weighted by atomic mass is 10.2. The van der Waals surface area contributed by atoms with Gasteiger partial charge in [-0.25, -0.2) is 15.0 Å². The summed E-state index contributed by atoms with van der Waals surface area (Å²) < 4.78 is 43.5. The number of alkyl halides is 3. The molecule has 0 spiro atoms. The summed E-state index contributed by atoms with van der Waals surface area (Å²) in [5.74, 6) is 1.54. The maximum Gasteiger partial charge on any atom is 0.411 e. The highest BCUT2D eigenvalue weighted by molar-refractivity contribution is 5.90. The minimum Gasteiger partial charge on any atom is -0.370 e. The number of piperazine rings is 1. The standard InChI is InChI=1S/C19H24F3N9O/c1-12-9-30(6-5-24-12)18-27-15-13(2)29-31(7-8-32-10-19(20,21)22)16(15)17(28-18)26-14-3-4-23-11-25-14/h3-4,11-12,24H,5-10H2,1-2H3,(H,23,25,26,27,28)/t12-/m1/s1. The van der Waals surface area contributed by atoms with Gasteiger partial charge in [0, 0.05) is 31.9 Å². The van der Waals surface area contributed by atoms with Crippen LogP contribution in [0.1, 0.15) is 12.6 Å². The lowest BCUT2D eigenvalue weighted by Crippen LogP contribution is -2.49. The summed E-state index contributed by atoms with van der Waals surface area (Å²) in [7, 11) is 0. The quantitative estimate of drug-likeness (QED) is 0.522. The zero-order valence-corrected chi connectivity index (χ0v) is 17.7. The average molecular weight is 451 g/mol. The highest BCUT2D eigenvalue weighted by Gasteiger charge is 2.27. The van der Waals surface area contributed by atoms with E-state index >= 15 is 0 Å². The van der Waals surface area contributed by atoms with Crippen molar-refractivity contribution in [1.29, 1.82) is 0 Å². The van der Waals surface area contributed by atoms with Crippen molar-refractivity contribution < 1.29 is 17.9 Å². The monoisotopic (exact) mass is 451 g/mol. The molecule has 2 N–H and O–H groups in total. The summed E-state index contributed by atoms with van der Waals surface area (Å²) >= 11 is 0. The van der Waals surface area contributed by atoms with E-state index in [4.69, 9.17) is 14.7 Å². The first kappa shape index (κ1) is 22.1. The fourth-order valence-corrected chi connectivity index (χ4v) is 3.55. The van der Waals surface area contributed by atoms with Gasteiger partial charge in [-0.05, 0) is 19.9 Å². The number of ether oxygens (including phenoxy) is 1. The molecule has 172 valence electrons. The number of fused-ring (bicyclic) bond motifs is 1. The van der Waals surface area contributed by atoms with Crippen LogP contribution in [-0.2, 0) is 11.3 Å². The number of hydrogen-bond donors (Lipinski definition) is 2. The summed E-state index contributed by atoms with van der Waals surface area (Å²) in [6, 6.07) is 1.98. The molecule has 10 nitrogen and oxygen atoms in total. The van der Waals surface area contributed by atoms with Crippen LogP contribution in [0.3, 0.4) is 0 Å². The number of halogens is 3. The predicted octanol–water partition coefficient (Wildman–Crippen LogP) is 2.05. The van der Waals surface area contributed by atoms with Crippen LogP contribution in [0.15, 0.2) is 18.6 Å². The van der Waals surface area contributed by atoms with Gasteiger partial charge in [0.15, 0.2) is 5.82 Å². The second-order valence-electron chi connectivity index (χ2n) is 7.57.